The second kappa shape index (κ2) is 15.3. The summed E-state index contributed by atoms with van der Waals surface area (Å²) < 4.78 is 130. The van der Waals surface area contributed by atoms with Gasteiger partial charge in [-0.15, -0.1) is 0 Å². The van der Waals surface area contributed by atoms with E-state index in [4.69, 9.17) is 13.7 Å². The van der Waals surface area contributed by atoms with Crippen LogP contribution in [0.2, 0.25) is 0 Å². The third-order valence-electron chi connectivity index (χ3n) is 11.8. The number of para-hydroxylation sites is 2. The van der Waals surface area contributed by atoms with E-state index in [0.29, 0.717) is 38.1 Å². The van der Waals surface area contributed by atoms with Gasteiger partial charge >= 0.3 is 0 Å². The average Bonchev–Trinajstić information content (AvgIpc) is 3.96. The highest BCUT2D eigenvalue weighted by Crippen LogP contribution is 2.51. The van der Waals surface area contributed by atoms with Gasteiger partial charge in [0.1, 0.15) is 0 Å². The van der Waals surface area contributed by atoms with Crippen molar-refractivity contribution in [1.29, 1.82) is 0 Å². The number of hydrogen-bond acceptors (Lipinski definition) is 0. The van der Waals surface area contributed by atoms with Gasteiger partial charge in [0.25, 0.3) is 0 Å². The van der Waals surface area contributed by atoms with E-state index in [1.54, 1.807) is 41.0 Å². The predicted octanol–water partition coefficient (Wildman–Crippen LogP) is 17.1. The van der Waals surface area contributed by atoms with Crippen molar-refractivity contribution in [2.75, 3.05) is 0 Å². The van der Waals surface area contributed by atoms with Crippen LogP contribution in [0.1, 0.15) is 19.2 Å². The van der Waals surface area contributed by atoms with Gasteiger partial charge in [-0.05, 0) is 125 Å². The normalized spacial score (nSPS) is 14.6. The van der Waals surface area contributed by atoms with Gasteiger partial charge in [-0.25, -0.2) is 0 Å². The minimum Gasteiger partial charge on any atom is -0.309 e. The van der Waals surface area contributed by atoms with E-state index < -0.39 is 60.4 Å². The smallest absolute Gasteiger partial charge is 0.0645 e. The van der Waals surface area contributed by atoms with E-state index in [-0.39, 0.29) is 63.2 Å². The molecule has 0 saturated heterocycles. The molecule has 0 unspecified atom stereocenters. The largest absolute Gasteiger partial charge is 0.309 e. The van der Waals surface area contributed by atoms with Crippen molar-refractivity contribution in [2.45, 2.75) is 0 Å². The number of aromatic nitrogens is 1. The number of nitrogens with zero attached hydrogens (tertiary/aromatic N) is 1. The molecule has 0 fully saturated rings. The Bertz CT molecular complexity index is 4300. The Morgan fingerprint density at radius 2 is 0.730 bits per heavy atom. The number of benzene rings is 11. The minimum absolute atomic E-state index is 0.0268. The molecule has 1 aromatic heterocycles. The summed E-state index contributed by atoms with van der Waals surface area (Å²) in [4.78, 5) is 0. The molecule has 12 rings (SSSR count). The quantitative estimate of drug-likeness (QED) is 0.141. The van der Waals surface area contributed by atoms with E-state index in [2.05, 4.69) is 0 Å². The standard InChI is InChI=1S/C62H41N/c1-5-18-42(19-6-1)47-35-39-55-56(40-47)60(46-32-36-49(37-33-46)63-58-30-15-13-26-52(58)53-27-14-16-31-59(53)63)54-38-34-48(43-20-7-2-8-21-43)41-57(54)62(55)61-50(44-22-9-3-10-23-44)28-17-29-51(61)45-24-11-4-12-25-45/h1-41H/i1D,2D,5D,6D,7D,8D,18D,19D,20D,21D,32D,33D,36D,37D. The molecule has 12 aromatic rings. The lowest BCUT2D eigenvalue weighted by atomic mass is 9.80. The molecule has 0 N–H and O–H groups in total. The van der Waals surface area contributed by atoms with Gasteiger partial charge in [0, 0.05) is 16.5 Å². The lowest BCUT2D eigenvalue weighted by Crippen LogP contribution is -1.97. The summed E-state index contributed by atoms with van der Waals surface area (Å²) in [6.45, 7) is 0. The fraction of sp³-hybridized carbons (Fsp3) is 0. The molecule has 1 heteroatoms. The van der Waals surface area contributed by atoms with Gasteiger partial charge in [0.2, 0.25) is 0 Å². The summed E-state index contributed by atoms with van der Waals surface area (Å²) >= 11 is 0. The second-order valence-corrected chi connectivity index (χ2v) is 15.3. The summed E-state index contributed by atoms with van der Waals surface area (Å²) in [5, 5.41) is 3.45. The fourth-order valence-electron chi connectivity index (χ4n) is 9.11. The van der Waals surface area contributed by atoms with Gasteiger partial charge in [-0.3, -0.25) is 0 Å². The Balaban J connectivity index is 1.31. The molecule has 294 valence electrons. The van der Waals surface area contributed by atoms with Crippen molar-refractivity contribution in [1.82, 2.24) is 4.57 Å². The highest BCUT2D eigenvalue weighted by atomic mass is 15.0. The molecule has 0 aliphatic carbocycles. The Hall–Kier alpha value is -8.26. The summed E-state index contributed by atoms with van der Waals surface area (Å²) in [6.07, 6.45) is 0. The zero-order valence-corrected chi connectivity index (χ0v) is 33.5. The van der Waals surface area contributed by atoms with Crippen molar-refractivity contribution in [2.24, 2.45) is 0 Å². The van der Waals surface area contributed by atoms with Gasteiger partial charge < -0.3 is 4.57 Å². The van der Waals surface area contributed by atoms with E-state index in [1.807, 2.05) is 127 Å². The second-order valence-electron chi connectivity index (χ2n) is 15.3. The molecule has 0 saturated carbocycles. The topological polar surface area (TPSA) is 4.93 Å². The third kappa shape index (κ3) is 6.25. The van der Waals surface area contributed by atoms with Crippen molar-refractivity contribution in [3.63, 3.8) is 0 Å². The molecular weight excluding hydrogens is 759 g/mol. The minimum atomic E-state index is -0.564. The molecule has 0 atom stereocenters. The molecule has 63 heavy (non-hydrogen) atoms. The van der Waals surface area contributed by atoms with Crippen LogP contribution in [-0.4, -0.2) is 4.57 Å². The number of hydrogen-bond donors (Lipinski definition) is 0. The molecule has 0 radical (unpaired) electrons. The molecule has 1 nitrogen and oxygen atoms in total. The van der Waals surface area contributed by atoms with E-state index in [0.717, 1.165) is 38.6 Å². The van der Waals surface area contributed by atoms with Crippen molar-refractivity contribution < 1.29 is 19.2 Å². The van der Waals surface area contributed by atoms with Crippen molar-refractivity contribution in [3.8, 4) is 72.4 Å². The Labute approximate surface area is 387 Å². The van der Waals surface area contributed by atoms with Crippen LogP contribution in [0.4, 0.5) is 0 Å². The first kappa shape index (κ1) is 24.9. The summed E-state index contributed by atoms with van der Waals surface area (Å²) in [6, 6.07) is 44.5. The molecule has 0 aliphatic heterocycles. The van der Waals surface area contributed by atoms with Crippen LogP contribution in [0, 0.1) is 0 Å². The van der Waals surface area contributed by atoms with Crippen molar-refractivity contribution in [3.05, 3.63) is 248 Å². The summed E-state index contributed by atoms with van der Waals surface area (Å²) in [7, 11) is 0. The van der Waals surface area contributed by atoms with Crippen LogP contribution in [-0.2, 0) is 0 Å². The van der Waals surface area contributed by atoms with Gasteiger partial charge in [-0.1, -0.05) is 212 Å². The highest BCUT2D eigenvalue weighted by Gasteiger charge is 2.23. The van der Waals surface area contributed by atoms with Crippen molar-refractivity contribution >= 4 is 43.4 Å². The number of rotatable bonds is 7. The van der Waals surface area contributed by atoms with E-state index in [1.165, 1.54) is 0 Å². The molecule has 0 bridgehead atoms. The Morgan fingerprint density at radius 1 is 0.270 bits per heavy atom. The predicted molar refractivity (Wildman–Crippen MR) is 268 cm³/mol. The van der Waals surface area contributed by atoms with Crippen LogP contribution in [0.3, 0.4) is 0 Å². The SMILES string of the molecule is [2H]c1c([2H])c([2H])c(-c2ccc3c(-c4c([2H])c([2H])c(-n5c6ccccc6c6ccccc65)c([2H])c4[2H])c4cc(-c5c([2H])c([2H])c([2H])c([2H])c5[2H])ccc4c(-c4c(-c5ccccc5)cccc4-c4ccccc4)c3c2)c([2H])c1[2H]. The molecular formula is C62H41N. The maximum atomic E-state index is 10.1. The molecule has 11 aromatic carbocycles. The maximum Gasteiger partial charge on any atom is 0.0645 e. The molecule has 0 amide bonds. The maximum absolute atomic E-state index is 10.1. The van der Waals surface area contributed by atoms with Gasteiger partial charge in [-0.2, -0.15) is 0 Å². The molecule has 0 spiro atoms. The van der Waals surface area contributed by atoms with Crippen LogP contribution in [0.15, 0.2) is 248 Å². The Kier molecular flexibility index (Phi) is 6.05. The molecule has 0 aliphatic rings. The highest BCUT2D eigenvalue weighted by molar-refractivity contribution is 6.25. The summed E-state index contributed by atoms with van der Waals surface area (Å²) in [5.41, 5.74) is 6.50. The lowest BCUT2D eigenvalue weighted by Gasteiger charge is -2.23. The van der Waals surface area contributed by atoms with E-state index in [9.17, 15) is 5.48 Å². The first-order valence-electron chi connectivity index (χ1n) is 27.6. The molecule has 1 heterocycles. The van der Waals surface area contributed by atoms with Crippen LogP contribution in [0.25, 0.3) is 116 Å². The third-order valence-corrected chi connectivity index (χ3v) is 11.8. The average molecular weight is 814 g/mol. The van der Waals surface area contributed by atoms with Crippen LogP contribution in [0.5, 0.6) is 0 Å². The number of fused-ring (bicyclic) bond motifs is 5. The first-order valence-corrected chi connectivity index (χ1v) is 20.6. The summed E-state index contributed by atoms with van der Waals surface area (Å²) in [5.74, 6) is 0. The van der Waals surface area contributed by atoms with Gasteiger partial charge in [0.05, 0.1) is 30.2 Å². The van der Waals surface area contributed by atoms with Crippen LogP contribution < -0.4 is 0 Å². The zero-order chi connectivity index (χ0) is 53.9. The fourth-order valence-corrected chi connectivity index (χ4v) is 9.11. The van der Waals surface area contributed by atoms with E-state index >= 15 is 0 Å². The lowest BCUT2D eigenvalue weighted by molar-refractivity contribution is 1.18. The zero-order valence-electron chi connectivity index (χ0n) is 47.5. The first-order chi connectivity index (χ1) is 37.1. The Morgan fingerprint density at radius 3 is 1.25 bits per heavy atom. The van der Waals surface area contributed by atoms with Crippen LogP contribution >= 0.6 is 0 Å². The monoisotopic (exact) mass is 813 g/mol. The van der Waals surface area contributed by atoms with Gasteiger partial charge in [0.15, 0.2) is 0 Å².